The fourth-order valence-electron chi connectivity index (χ4n) is 3.61. The van der Waals surface area contributed by atoms with Gasteiger partial charge in [-0.15, -0.1) is 5.10 Å². The third-order valence-corrected chi connectivity index (χ3v) is 5.19. The smallest absolute Gasteiger partial charge is 0.330 e. The second kappa shape index (κ2) is 8.42. The zero-order chi connectivity index (χ0) is 23.8. The van der Waals surface area contributed by atoms with Crippen LogP contribution in [0, 0.1) is 0 Å². The van der Waals surface area contributed by atoms with Gasteiger partial charge in [-0.05, 0) is 18.6 Å². The van der Waals surface area contributed by atoms with E-state index in [4.69, 9.17) is 14.2 Å². The fourth-order valence-corrected chi connectivity index (χ4v) is 3.61. The van der Waals surface area contributed by atoms with E-state index in [1.807, 2.05) is 6.92 Å². The quantitative estimate of drug-likeness (QED) is 0.363. The third-order valence-electron chi connectivity index (χ3n) is 5.19. The van der Waals surface area contributed by atoms with Gasteiger partial charge in [-0.1, -0.05) is 6.92 Å². The maximum absolute atomic E-state index is 12.6. The molecule has 34 heavy (non-hydrogen) atoms. The Morgan fingerprint density at radius 2 is 2.03 bits per heavy atom. The lowest BCUT2D eigenvalue weighted by Crippen LogP contribution is -2.34. The number of hydrogen-bond donors (Lipinski definition) is 3. The van der Waals surface area contributed by atoms with Crippen LogP contribution in [0.4, 0.5) is 5.69 Å². The summed E-state index contributed by atoms with van der Waals surface area (Å²) in [7, 11) is 1.67. The molecule has 3 N–H and O–H groups in total. The van der Waals surface area contributed by atoms with Crippen molar-refractivity contribution in [3.05, 3.63) is 45.1 Å². The molecule has 4 aromatic rings. The lowest BCUT2D eigenvalue weighted by atomic mass is 10.3. The maximum Gasteiger partial charge on any atom is 0.330 e. The molecule has 1 aromatic carbocycles. The lowest BCUT2D eigenvalue weighted by Gasteiger charge is -2.06. The number of carbonyl (C=O) groups excluding carboxylic acids is 1. The van der Waals surface area contributed by atoms with Crippen molar-refractivity contribution in [1.29, 1.82) is 0 Å². The molecule has 1 aliphatic heterocycles. The Morgan fingerprint density at radius 1 is 1.21 bits per heavy atom. The molecule has 0 unspecified atom stereocenters. The van der Waals surface area contributed by atoms with Crippen LogP contribution in [0.2, 0.25) is 0 Å². The highest BCUT2D eigenvalue weighted by Crippen LogP contribution is 2.34. The van der Waals surface area contributed by atoms with Gasteiger partial charge in [0.05, 0.1) is 0 Å². The van der Waals surface area contributed by atoms with Crippen molar-refractivity contribution >= 4 is 22.8 Å². The van der Waals surface area contributed by atoms with Crippen LogP contribution in [0.15, 0.2) is 33.9 Å². The predicted molar refractivity (Wildman–Crippen MR) is 120 cm³/mol. The van der Waals surface area contributed by atoms with E-state index >= 15 is 0 Å². The van der Waals surface area contributed by atoms with E-state index in [1.165, 1.54) is 4.68 Å². The molecular weight excluding hydrogens is 446 g/mol. The van der Waals surface area contributed by atoms with Gasteiger partial charge in [-0.25, -0.2) is 9.78 Å². The number of imidazole rings is 1. The SMILES string of the molecule is CCCn1c(=O)[nH]c2nc(-c3cc(OCC(=O)Nc4ccc5c(c4)OCO5)nn3C)[nH]c2c1=O. The van der Waals surface area contributed by atoms with E-state index in [9.17, 15) is 14.4 Å². The van der Waals surface area contributed by atoms with Gasteiger partial charge in [-0.2, -0.15) is 0 Å². The van der Waals surface area contributed by atoms with Gasteiger partial charge in [0.1, 0.15) is 11.2 Å². The summed E-state index contributed by atoms with van der Waals surface area (Å²) >= 11 is 0. The Bertz CT molecular complexity index is 1510. The van der Waals surface area contributed by atoms with E-state index in [1.54, 1.807) is 31.3 Å². The van der Waals surface area contributed by atoms with Crippen LogP contribution in [-0.4, -0.2) is 48.6 Å². The number of amides is 1. The molecule has 13 nitrogen and oxygen atoms in total. The number of anilines is 1. The van der Waals surface area contributed by atoms with Crippen molar-refractivity contribution < 1.29 is 19.0 Å². The number of rotatable bonds is 7. The molecule has 1 amide bonds. The van der Waals surface area contributed by atoms with Crippen molar-refractivity contribution in [2.45, 2.75) is 19.9 Å². The molecule has 0 saturated carbocycles. The van der Waals surface area contributed by atoms with E-state index < -0.39 is 11.2 Å². The van der Waals surface area contributed by atoms with E-state index in [2.05, 4.69) is 25.4 Å². The molecule has 4 heterocycles. The van der Waals surface area contributed by atoms with Crippen LogP contribution in [0.1, 0.15) is 13.3 Å². The number of benzene rings is 1. The predicted octanol–water partition coefficient (Wildman–Crippen LogP) is 0.970. The Hall–Kier alpha value is -4.55. The van der Waals surface area contributed by atoms with Gasteiger partial charge in [0.15, 0.2) is 29.6 Å². The molecule has 0 radical (unpaired) electrons. The summed E-state index contributed by atoms with van der Waals surface area (Å²) in [6, 6.07) is 6.65. The minimum atomic E-state index is -0.514. The first kappa shape index (κ1) is 21.3. The summed E-state index contributed by atoms with van der Waals surface area (Å²) in [4.78, 5) is 47.0. The Balaban J connectivity index is 1.31. The van der Waals surface area contributed by atoms with Crippen molar-refractivity contribution in [2.24, 2.45) is 7.05 Å². The van der Waals surface area contributed by atoms with E-state index in [-0.39, 0.29) is 36.4 Å². The second-order valence-corrected chi connectivity index (χ2v) is 7.59. The van der Waals surface area contributed by atoms with Gasteiger partial charge in [0, 0.05) is 31.4 Å². The number of ether oxygens (including phenoxy) is 3. The zero-order valence-electron chi connectivity index (χ0n) is 18.4. The Morgan fingerprint density at radius 3 is 2.85 bits per heavy atom. The molecule has 3 aromatic heterocycles. The number of carbonyl (C=O) groups is 1. The van der Waals surface area contributed by atoms with Gasteiger partial charge >= 0.3 is 5.69 Å². The molecule has 0 fully saturated rings. The van der Waals surface area contributed by atoms with Gasteiger partial charge in [0.25, 0.3) is 11.5 Å². The number of fused-ring (bicyclic) bond motifs is 2. The van der Waals surface area contributed by atoms with Crippen molar-refractivity contribution in [3.8, 4) is 28.9 Å². The molecule has 0 saturated heterocycles. The maximum atomic E-state index is 12.6. The van der Waals surface area contributed by atoms with Gasteiger partial charge in [0.2, 0.25) is 12.7 Å². The first-order valence-electron chi connectivity index (χ1n) is 10.5. The summed E-state index contributed by atoms with van der Waals surface area (Å²) < 4.78 is 18.7. The molecule has 0 spiro atoms. The minimum absolute atomic E-state index is 0.147. The van der Waals surface area contributed by atoms with Gasteiger partial charge in [-0.3, -0.25) is 23.8 Å². The standard InChI is InChI=1S/C21H21N7O6/c1-3-6-28-20(30)17-19(25-21(28)31)24-18(23-17)12-8-16(26-27(12)2)32-9-15(29)22-11-4-5-13-14(7-11)34-10-33-13/h4-5,7-8H,3,6,9-10H2,1-2H3,(H,22,29)(H,23,24)(H,25,31). The number of aromatic nitrogens is 6. The molecule has 5 rings (SSSR count). The summed E-state index contributed by atoms with van der Waals surface area (Å²) in [5.41, 5.74) is 0.436. The monoisotopic (exact) mass is 467 g/mol. The summed E-state index contributed by atoms with van der Waals surface area (Å²) in [6.07, 6.45) is 0.639. The number of nitrogens with one attached hydrogen (secondary N) is 3. The van der Waals surface area contributed by atoms with Crippen LogP contribution < -0.4 is 30.8 Å². The molecule has 0 aliphatic carbocycles. The number of H-pyrrole nitrogens is 2. The average molecular weight is 467 g/mol. The molecule has 1 aliphatic rings. The number of hydrogen-bond acceptors (Lipinski definition) is 8. The topological polar surface area (TPSA) is 158 Å². The van der Waals surface area contributed by atoms with Crippen LogP contribution >= 0.6 is 0 Å². The van der Waals surface area contributed by atoms with E-state index in [0.29, 0.717) is 41.7 Å². The van der Waals surface area contributed by atoms with Crippen molar-refractivity contribution in [2.75, 3.05) is 18.7 Å². The number of nitrogens with zero attached hydrogens (tertiary/aromatic N) is 4. The third kappa shape index (κ3) is 3.87. The Labute approximate surface area is 191 Å². The van der Waals surface area contributed by atoms with Crippen LogP contribution in [0.25, 0.3) is 22.7 Å². The highest BCUT2D eigenvalue weighted by Gasteiger charge is 2.18. The first-order chi connectivity index (χ1) is 16.4. The molecule has 0 atom stereocenters. The highest BCUT2D eigenvalue weighted by molar-refractivity contribution is 5.92. The molecular formula is C21H21N7O6. The lowest BCUT2D eigenvalue weighted by molar-refractivity contribution is -0.118. The zero-order valence-corrected chi connectivity index (χ0v) is 18.4. The first-order valence-corrected chi connectivity index (χ1v) is 10.5. The van der Waals surface area contributed by atoms with Crippen LogP contribution in [0.3, 0.4) is 0 Å². The molecule has 0 bridgehead atoms. The summed E-state index contributed by atoms with van der Waals surface area (Å²) in [5.74, 6) is 1.31. The summed E-state index contributed by atoms with van der Waals surface area (Å²) in [6.45, 7) is 2.05. The minimum Gasteiger partial charge on any atom is -0.466 e. The van der Waals surface area contributed by atoms with E-state index in [0.717, 1.165) is 4.57 Å². The number of aryl methyl sites for hydroxylation is 1. The van der Waals surface area contributed by atoms with Crippen molar-refractivity contribution in [1.82, 2.24) is 29.3 Å². The normalized spacial score (nSPS) is 12.3. The fraction of sp³-hybridized carbons (Fsp3) is 0.286. The molecule has 176 valence electrons. The second-order valence-electron chi connectivity index (χ2n) is 7.59. The Kier molecular flexibility index (Phi) is 5.28. The molecule has 13 heteroatoms. The number of aromatic amines is 2. The average Bonchev–Trinajstić information content (AvgIpc) is 3.53. The largest absolute Gasteiger partial charge is 0.466 e. The van der Waals surface area contributed by atoms with Gasteiger partial charge < -0.3 is 24.5 Å². The van der Waals surface area contributed by atoms with Crippen LogP contribution in [0.5, 0.6) is 17.4 Å². The van der Waals surface area contributed by atoms with Crippen LogP contribution in [-0.2, 0) is 18.4 Å². The van der Waals surface area contributed by atoms with Crippen molar-refractivity contribution in [3.63, 3.8) is 0 Å². The summed E-state index contributed by atoms with van der Waals surface area (Å²) in [5, 5.41) is 6.95. The highest BCUT2D eigenvalue weighted by atomic mass is 16.7.